The number of aliphatic hydroxyl groups excluding tert-OH is 1. The number of nitrogens with one attached hydrogen (secondary N) is 1. The third-order valence-corrected chi connectivity index (χ3v) is 3.36. The van der Waals surface area contributed by atoms with Gasteiger partial charge in [0.15, 0.2) is 0 Å². The lowest BCUT2D eigenvalue weighted by Crippen LogP contribution is -2.42. The summed E-state index contributed by atoms with van der Waals surface area (Å²) in [5.74, 6) is 1.35. The van der Waals surface area contributed by atoms with Crippen molar-refractivity contribution in [3.63, 3.8) is 0 Å². The third kappa shape index (κ3) is 5.93. The smallest absolute Gasteiger partial charge is 0.122 e. The van der Waals surface area contributed by atoms with Crippen molar-refractivity contribution < 1.29 is 9.84 Å². The Labute approximate surface area is 123 Å². The monoisotopic (exact) mass is 279 g/mol. The SMILES string of the molecule is CC[C@H](C)c1ccccc1OC[C@@H](O)CNC(C)(C)C. The maximum absolute atomic E-state index is 9.97. The molecule has 0 aromatic heterocycles. The first kappa shape index (κ1) is 17.0. The molecular weight excluding hydrogens is 250 g/mol. The zero-order valence-electron chi connectivity index (χ0n) is 13.4. The summed E-state index contributed by atoms with van der Waals surface area (Å²) in [7, 11) is 0. The molecule has 0 aliphatic carbocycles. The van der Waals surface area contributed by atoms with Gasteiger partial charge in [0.1, 0.15) is 18.5 Å². The second-order valence-electron chi connectivity index (χ2n) is 6.44. The number of hydrogen-bond acceptors (Lipinski definition) is 3. The standard InChI is InChI=1S/C17H29NO2/c1-6-13(2)15-9-7-8-10-16(15)20-12-14(19)11-18-17(3,4)5/h7-10,13-14,18-19H,6,11-12H2,1-5H3/t13-,14-/m0/s1. The van der Waals surface area contributed by atoms with E-state index in [1.165, 1.54) is 5.56 Å². The fourth-order valence-corrected chi connectivity index (χ4v) is 1.91. The van der Waals surface area contributed by atoms with E-state index in [-0.39, 0.29) is 5.54 Å². The van der Waals surface area contributed by atoms with Gasteiger partial charge in [0, 0.05) is 12.1 Å². The van der Waals surface area contributed by atoms with Gasteiger partial charge in [-0.1, -0.05) is 32.0 Å². The fraction of sp³-hybridized carbons (Fsp3) is 0.647. The van der Waals surface area contributed by atoms with E-state index in [1.54, 1.807) is 0 Å². The molecule has 0 saturated carbocycles. The molecule has 0 heterocycles. The zero-order chi connectivity index (χ0) is 15.2. The van der Waals surface area contributed by atoms with Crippen LogP contribution >= 0.6 is 0 Å². The summed E-state index contributed by atoms with van der Waals surface area (Å²) in [5.41, 5.74) is 1.22. The number of β-amino-alcohol motifs (C(OH)–C–C–N with tert-alkyl or cyclic N) is 1. The van der Waals surface area contributed by atoms with Crippen LogP contribution in [0, 0.1) is 0 Å². The Morgan fingerprint density at radius 2 is 1.90 bits per heavy atom. The highest BCUT2D eigenvalue weighted by atomic mass is 16.5. The Morgan fingerprint density at radius 1 is 1.25 bits per heavy atom. The summed E-state index contributed by atoms with van der Waals surface area (Å²) < 4.78 is 5.80. The van der Waals surface area contributed by atoms with Gasteiger partial charge in [-0.2, -0.15) is 0 Å². The summed E-state index contributed by atoms with van der Waals surface area (Å²) >= 11 is 0. The number of ether oxygens (including phenoxy) is 1. The van der Waals surface area contributed by atoms with Gasteiger partial charge in [-0.15, -0.1) is 0 Å². The molecule has 0 bridgehead atoms. The average molecular weight is 279 g/mol. The van der Waals surface area contributed by atoms with Crippen LogP contribution in [0.1, 0.15) is 52.5 Å². The van der Waals surface area contributed by atoms with E-state index >= 15 is 0 Å². The van der Waals surface area contributed by atoms with Crippen molar-refractivity contribution >= 4 is 0 Å². The molecular formula is C17H29NO2. The molecule has 3 nitrogen and oxygen atoms in total. The van der Waals surface area contributed by atoms with Crippen molar-refractivity contribution in [1.29, 1.82) is 0 Å². The zero-order valence-corrected chi connectivity index (χ0v) is 13.4. The number of aliphatic hydroxyl groups is 1. The van der Waals surface area contributed by atoms with Gasteiger partial charge >= 0.3 is 0 Å². The molecule has 2 atom stereocenters. The summed E-state index contributed by atoms with van der Waals surface area (Å²) in [6.45, 7) is 11.5. The van der Waals surface area contributed by atoms with Crippen LogP contribution in [0.4, 0.5) is 0 Å². The Bertz CT molecular complexity index is 398. The minimum absolute atomic E-state index is 0.00954. The molecule has 114 valence electrons. The molecule has 0 aliphatic rings. The van der Waals surface area contributed by atoms with E-state index in [0.717, 1.165) is 12.2 Å². The van der Waals surface area contributed by atoms with Gasteiger partial charge in [-0.25, -0.2) is 0 Å². The number of rotatable bonds is 7. The van der Waals surface area contributed by atoms with Crippen molar-refractivity contribution in [3.8, 4) is 5.75 Å². The Kier molecular flexibility index (Phi) is 6.50. The van der Waals surface area contributed by atoms with E-state index in [1.807, 2.05) is 18.2 Å². The third-order valence-electron chi connectivity index (χ3n) is 3.36. The molecule has 0 fully saturated rings. The van der Waals surface area contributed by atoms with Gasteiger partial charge in [0.25, 0.3) is 0 Å². The second kappa shape index (κ2) is 7.65. The maximum atomic E-state index is 9.97. The summed E-state index contributed by atoms with van der Waals surface area (Å²) in [6, 6.07) is 8.08. The highest BCUT2D eigenvalue weighted by molar-refractivity contribution is 5.35. The molecule has 3 heteroatoms. The summed E-state index contributed by atoms with van der Waals surface area (Å²) in [5, 5.41) is 13.2. The Morgan fingerprint density at radius 3 is 2.50 bits per heavy atom. The van der Waals surface area contributed by atoms with E-state index in [4.69, 9.17) is 4.74 Å². The molecule has 2 N–H and O–H groups in total. The maximum Gasteiger partial charge on any atom is 0.122 e. The number of hydrogen-bond donors (Lipinski definition) is 2. The van der Waals surface area contributed by atoms with Gasteiger partial charge in [-0.3, -0.25) is 0 Å². The van der Waals surface area contributed by atoms with Crippen LogP contribution < -0.4 is 10.1 Å². The first-order valence-electron chi connectivity index (χ1n) is 7.48. The molecule has 0 radical (unpaired) electrons. The van der Waals surface area contributed by atoms with Crippen molar-refractivity contribution in [2.75, 3.05) is 13.2 Å². The Balaban J connectivity index is 2.53. The lowest BCUT2D eigenvalue weighted by atomic mass is 9.98. The van der Waals surface area contributed by atoms with Crippen LogP contribution in [0.5, 0.6) is 5.75 Å². The lowest BCUT2D eigenvalue weighted by Gasteiger charge is -2.23. The van der Waals surface area contributed by atoms with Crippen LogP contribution in [0.2, 0.25) is 0 Å². The predicted molar refractivity (Wildman–Crippen MR) is 84.4 cm³/mol. The van der Waals surface area contributed by atoms with E-state index in [2.05, 4.69) is 46.0 Å². The average Bonchev–Trinajstić information content (AvgIpc) is 2.41. The molecule has 0 saturated heterocycles. The first-order chi connectivity index (χ1) is 9.33. The number of benzene rings is 1. The topological polar surface area (TPSA) is 41.5 Å². The molecule has 0 aliphatic heterocycles. The molecule has 20 heavy (non-hydrogen) atoms. The van der Waals surface area contributed by atoms with Gasteiger partial charge in [0.05, 0.1) is 0 Å². The molecule has 0 unspecified atom stereocenters. The van der Waals surface area contributed by atoms with Gasteiger partial charge in [-0.05, 0) is 44.7 Å². The van der Waals surface area contributed by atoms with E-state index in [0.29, 0.717) is 19.1 Å². The predicted octanol–water partition coefficient (Wildman–Crippen LogP) is 3.33. The van der Waals surface area contributed by atoms with Gasteiger partial charge < -0.3 is 15.2 Å². The normalized spacial score (nSPS) is 14.9. The first-order valence-corrected chi connectivity index (χ1v) is 7.48. The molecule has 0 amide bonds. The fourth-order valence-electron chi connectivity index (χ4n) is 1.91. The molecule has 1 aromatic rings. The Hall–Kier alpha value is -1.06. The minimum Gasteiger partial charge on any atom is -0.491 e. The molecule has 0 spiro atoms. The largest absolute Gasteiger partial charge is 0.491 e. The van der Waals surface area contributed by atoms with Crippen LogP contribution in [-0.2, 0) is 0 Å². The molecule has 1 aromatic carbocycles. The minimum atomic E-state index is -0.501. The van der Waals surface area contributed by atoms with Crippen LogP contribution in [0.15, 0.2) is 24.3 Å². The van der Waals surface area contributed by atoms with Crippen molar-refractivity contribution in [2.45, 2.75) is 58.6 Å². The number of para-hydroxylation sites is 1. The summed E-state index contributed by atoms with van der Waals surface area (Å²) in [6.07, 6.45) is 0.577. The highest BCUT2D eigenvalue weighted by Crippen LogP contribution is 2.28. The van der Waals surface area contributed by atoms with Crippen molar-refractivity contribution in [2.24, 2.45) is 0 Å². The quantitative estimate of drug-likeness (QED) is 0.804. The van der Waals surface area contributed by atoms with E-state index in [9.17, 15) is 5.11 Å². The second-order valence-corrected chi connectivity index (χ2v) is 6.44. The van der Waals surface area contributed by atoms with E-state index < -0.39 is 6.10 Å². The van der Waals surface area contributed by atoms with Crippen molar-refractivity contribution in [1.82, 2.24) is 5.32 Å². The van der Waals surface area contributed by atoms with Gasteiger partial charge in [0.2, 0.25) is 0 Å². The van der Waals surface area contributed by atoms with Crippen LogP contribution in [0.25, 0.3) is 0 Å². The molecule has 1 rings (SSSR count). The highest BCUT2D eigenvalue weighted by Gasteiger charge is 2.14. The van der Waals surface area contributed by atoms with Crippen molar-refractivity contribution in [3.05, 3.63) is 29.8 Å². The summed E-state index contributed by atoms with van der Waals surface area (Å²) in [4.78, 5) is 0. The van der Waals surface area contributed by atoms with Crippen LogP contribution in [-0.4, -0.2) is 29.9 Å². The van der Waals surface area contributed by atoms with Crippen LogP contribution in [0.3, 0.4) is 0 Å². The lowest BCUT2D eigenvalue weighted by molar-refractivity contribution is 0.0994.